The number of aromatic carboxylic acids is 1. The number of carbonyl (C=O) groups is 3. The van der Waals surface area contributed by atoms with Crippen LogP contribution in [0.2, 0.25) is 6.32 Å². The van der Waals surface area contributed by atoms with E-state index in [4.69, 9.17) is 14.5 Å². The number of hydrogen-bond donors (Lipinski definition) is 3. The number of carboxylic acid groups (broad SMARTS) is 2. The zero-order valence-corrected chi connectivity index (χ0v) is 14.6. The van der Waals surface area contributed by atoms with Crippen LogP contribution in [0.1, 0.15) is 35.2 Å². The molecule has 1 aromatic rings. The molecule has 2 heterocycles. The van der Waals surface area contributed by atoms with Crippen molar-refractivity contribution < 1.29 is 39.0 Å². The minimum absolute atomic E-state index is 0.0531. The molecule has 10 heteroatoms. The van der Waals surface area contributed by atoms with Crippen LogP contribution in [-0.2, 0) is 16.0 Å². The van der Waals surface area contributed by atoms with Gasteiger partial charge in [0.2, 0.25) is 5.91 Å². The van der Waals surface area contributed by atoms with E-state index < -0.39 is 19.1 Å². The van der Waals surface area contributed by atoms with Gasteiger partial charge >= 0.3 is 19.1 Å². The lowest BCUT2D eigenvalue weighted by molar-refractivity contribution is -0.140. The van der Waals surface area contributed by atoms with Gasteiger partial charge in [0.25, 0.3) is 0 Å². The predicted octanol–water partition coefficient (Wildman–Crippen LogP) is 0.645. The van der Waals surface area contributed by atoms with Crippen molar-refractivity contribution in [1.82, 2.24) is 4.90 Å². The fraction of sp³-hybridized carbons (Fsp3) is 0.471. The third-order valence-electron chi connectivity index (χ3n) is 4.61. The Kier molecular flexibility index (Phi) is 5.55. The number of aryl methyl sites for hydroxylation is 1. The van der Waals surface area contributed by atoms with Crippen LogP contribution in [0.5, 0.6) is 11.5 Å². The van der Waals surface area contributed by atoms with E-state index in [0.29, 0.717) is 31.4 Å². The molecule has 1 aromatic carbocycles. The summed E-state index contributed by atoms with van der Waals surface area (Å²) in [4.78, 5) is 35.7. The second-order valence-corrected chi connectivity index (χ2v) is 6.63. The maximum atomic E-state index is 11.9. The Labute approximate surface area is 155 Å². The smallest absolute Gasteiger partial charge is 0.522 e. The molecule has 0 bridgehead atoms. The molecule has 27 heavy (non-hydrogen) atoms. The van der Waals surface area contributed by atoms with Gasteiger partial charge in [-0.25, -0.2) is 4.79 Å². The summed E-state index contributed by atoms with van der Waals surface area (Å²) in [5.74, 6) is -2.03. The largest absolute Gasteiger partial charge is 0.535 e. The van der Waals surface area contributed by atoms with Crippen LogP contribution in [0.4, 0.5) is 0 Å². The SMILES string of the molecule is O=C(O)CCCC(=O)N1CC(Oc2ccc3c(c2C(=O)O)OB(O)CC3)C1. The molecular weight excluding hydrogens is 357 g/mol. The molecule has 0 aromatic heterocycles. The van der Waals surface area contributed by atoms with Crippen LogP contribution in [0.15, 0.2) is 12.1 Å². The highest BCUT2D eigenvalue weighted by molar-refractivity contribution is 6.44. The molecule has 3 N–H and O–H groups in total. The van der Waals surface area contributed by atoms with Crippen molar-refractivity contribution in [2.75, 3.05) is 13.1 Å². The van der Waals surface area contributed by atoms with Crippen molar-refractivity contribution in [2.45, 2.75) is 38.1 Å². The van der Waals surface area contributed by atoms with Crippen LogP contribution in [-0.4, -0.2) is 64.3 Å². The summed E-state index contributed by atoms with van der Waals surface area (Å²) in [5.41, 5.74) is 0.575. The standard InChI is InChI=1S/C17H20BNO8/c20-13(2-1-3-14(21)22)19-8-11(9-19)26-12-5-4-10-6-7-18(25)27-16(10)15(12)17(23)24/h4-5,11,25H,1-3,6-9H2,(H,21,22)(H,23,24). The number of fused-ring (bicyclic) bond motifs is 1. The van der Waals surface area contributed by atoms with E-state index in [1.54, 1.807) is 17.0 Å². The van der Waals surface area contributed by atoms with E-state index in [0.717, 1.165) is 0 Å². The molecule has 0 saturated carbocycles. The maximum absolute atomic E-state index is 11.9. The third kappa shape index (κ3) is 4.33. The van der Waals surface area contributed by atoms with Gasteiger partial charge in [-0.15, -0.1) is 0 Å². The van der Waals surface area contributed by atoms with Gasteiger partial charge < -0.3 is 29.5 Å². The third-order valence-corrected chi connectivity index (χ3v) is 4.61. The van der Waals surface area contributed by atoms with E-state index >= 15 is 0 Å². The number of carbonyl (C=O) groups excluding carboxylic acids is 1. The van der Waals surface area contributed by atoms with Gasteiger partial charge in [0, 0.05) is 12.8 Å². The number of aliphatic carboxylic acids is 1. The summed E-state index contributed by atoms with van der Waals surface area (Å²) < 4.78 is 11.0. The molecule has 2 aliphatic heterocycles. The van der Waals surface area contributed by atoms with Crippen molar-refractivity contribution in [3.63, 3.8) is 0 Å². The molecule has 0 radical (unpaired) electrons. The minimum Gasteiger partial charge on any atom is -0.535 e. The first-order valence-corrected chi connectivity index (χ1v) is 8.75. The molecular formula is C17H20BNO8. The van der Waals surface area contributed by atoms with E-state index in [1.165, 1.54) is 0 Å². The molecule has 0 spiro atoms. The molecule has 0 unspecified atom stereocenters. The Morgan fingerprint density at radius 3 is 2.63 bits per heavy atom. The second-order valence-electron chi connectivity index (χ2n) is 6.63. The normalized spacial score (nSPS) is 16.2. The predicted molar refractivity (Wildman–Crippen MR) is 93.0 cm³/mol. The number of nitrogens with zero attached hydrogens (tertiary/aromatic N) is 1. The van der Waals surface area contributed by atoms with E-state index in [-0.39, 0.29) is 48.3 Å². The number of ether oxygens (including phenoxy) is 1. The fourth-order valence-electron chi connectivity index (χ4n) is 3.16. The van der Waals surface area contributed by atoms with Crippen molar-refractivity contribution in [3.8, 4) is 11.5 Å². The molecule has 144 valence electrons. The first-order valence-electron chi connectivity index (χ1n) is 8.75. The number of rotatable bonds is 7. The highest BCUT2D eigenvalue weighted by Gasteiger charge is 2.35. The number of amides is 1. The fourth-order valence-corrected chi connectivity index (χ4v) is 3.16. The van der Waals surface area contributed by atoms with Crippen LogP contribution >= 0.6 is 0 Å². The maximum Gasteiger partial charge on any atom is 0.522 e. The number of carboxylic acids is 2. The molecule has 1 saturated heterocycles. The molecule has 2 aliphatic rings. The Balaban J connectivity index is 1.61. The van der Waals surface area contributed by atoms with Crippen molar-refractivity contribution >= 4 is 25.0 Å². The van der Waals surface area contributed by atoms with Crippen LogP contribution in [0, 0.1) is 0 Å². The average Bonchev–Trinajstić information content (AvgIpc) is 2.56. The lowest BCUT2D eigenvalue weighted by atomic mass is 9.78. The van der Waals surface area contributed by atoms with Gasteiger partial charge in [-0.3, -0.25) is 9.59 Å². The van der Waals surface area contributed by atoms with Crippen LogP contribution in [0.25, 0.3) is 0 Å². The van der Waals surface area contributed by atoms with Crippen molar-refractivity contribution in [1.29, 1.82) is 0 Å². The highest BCUT2D eigenvalue weighted by atomic mass is 16.5. The lowest BCUT2D eigenvalue weighted by Crippen LogP contribution is -2.56. The molecule has 9 nitrogen and oxygen atoms in total. The molecule has 0 aliphatic carbocycles. The monoisotopic (exact) mass is 377 g/mol. The van der Waals surface area contributed by atoms with E-state index in [1.807, 2.05) is 0 Å². The highest BCUT2D eigenvalue weighted by Crippen LogP contribution is 2.37. The summed E-state index contributed by atoms with van der Waals surface area (Å²) in [7, 11) is -1.05. The van der Waals surface area contributed by atoms with Gasteiger partial charge in [-0.05, 0) is 30.8 Å². The van der Waals surface area contributed by atoms with Gasteiger partial charge in [0.05, 0.1) is 13.1 Å². The molecule has 1 fully saturated rings. The summed E-state index contributed by atoms with van der Waals surface area (Å²) in [6.07, 6.45) is 0.946. The summed E-state index contributed by atoms with van der Waals surface area (Å²) in [6.45, 7) is 0.622. The topological polar surface area (TPSA) is 134 Å². The summed E-state index contributed by atoms with van der Waals surface area (Å²) >= 11 is 0. The van der Waals surface area contributed by atoms with E-state index in [2.05, 4.69) is 0 Å². The number of benzene rings is 1. The van der Waals surface area contributed by atoms with Crippen LogP contribution in [0.3, 0.4) is 0 Å². The molecule has 3 rings (SSSR count). The summed E-state index contributed by atoms with van der Waals surface area (Å²) in [6, 6.07) is 3.29. The number of likely N-dealkylation sites (tertiary alicyclic amines) is 1. The first-order chi connectivity index (χ1) is 12.8. The van der Waals surface area contributed by atoms with Crippen molar-refractivity contribution in [3.05, 3.63) is 23.3 Å². The van der Waals surface area contributed by atoms with Crippen molar-refractivity contribution in [2.24, 2.45) is 0 Å². The molecule has 1 amide bonds. The second kappa shape index (κ2) is 7.87. The van der Waals surface area contributed by atoms with Crippen LogP contribution < -0.4 is 9.39 Å². The minimum atomic E-state index is -1.21. The quantitative estimate of drug-likeness (QED) is 0.590. The Morgan fingerprint density at radius 1 is 1.22 bits per heavy atom. The summed E-state index contributed by atoms with van der Waals surface area (Å²) in [5, 5.41) is 27.8. The lowest BCUT2D eigenvalue weighted by Gasteiger charge is -2.39. The van der Waals surface area contributed by atoms with E-state index in [9.17, 15) is 24.5 Å². The molecule has 0 atom stereocenters. The number of hydrogen-bond acceptors (Lipinski definition) is 6. The zero-order valence-electron chi connectivity index (χ0n) is 14.6. The van der Waals surface area contributed by atoms with Gasteiger partial charge in [-0.1, -0.05) is 6.07 Å². The van der Waals surface area contributed by atoms with Gasteiger partial charge in [0.15, 0.2) is 0 Å². The Morgan fingerprint density at radius 2 is 1.96 bits per heavy atom. The van der Waals surface area contributed by atoms with Gasteiger partial charge in [0.1, 0.15) is 23.2 Å². The first kappa shape index (κ1) is 19.0. The Bertz CT molecular complexity index is 762. The Hall–Kier alpha value is -2.75. The zero-order chi connectivity index (χ0) is 19.6. The van der Waals surface area contributed by atoms with Gasteiger partial charge in [-0.2, -0.15) is 0 Å². The average molecular weight is 377 g/mol.